The van der Waals surface area contributed by atoms with Gasteiger partial charge in [-0.15, -0.1) is 11.8 Å². The lowest BCUT2D eigenvalue weighted by Crippen LogP contribution is -2.35. The summed E-state index contributed by atoms with van der Waals surface area (Å²) >= 11 is 1.69. The summed E-state index contributed by atoms with van der Waals surface area (Å²) in [6.45, 7) is 7.63. The average Bonchev–Trinajstić information content (AvgIpc) is 2.37. The van der Waals surface area contributed by atoms with Crippen molar-refractivity contribution in [3.8, 4) is 0 Å². The van der Waals surface area contributed by atoms with Crippen LogP contribution in [0.25, 0.3) is 0 Å². The molecule has 0 saturated heterocycles. The number of hydrogen-bond acceptors (Lipinski definition) is 4. The highest BCUT2D eigenvalue weighted by atomic mass is 32.2. The zero-order valence-electron chi connectivity index (χ0n) is 13.5. The Morgan fingerprint density at radius 2 is 2.10 bits per heavy atom. The first-order chi connectivity index (χ1) is 9.70. The first-order valence-corrected chi connectivity index (χ1v) is 8.13. The van der Waals surface area contributed by atoms with Crippen molar-refractivity contribution >= 4 is 23.6 Å². The van der Waals surface area contributed by atoms with Gasteiger partial charge in [-0.25, -0.2) is 4.79 Å². The molecule has 21 heavy (non-hydrogen) atoms. The lowest BCUT2D eigenvalue weighted by atomic mass is 9.99. The standard InChI is InChI=1S/C16H25NO3S/c1-12(18)13(14-8-6-7-11-21-14)9-10-17(5)15(19)20-16(2,3)4/h6-8,13H,9-11H2,1-5H3. The van der Waals surface area contributed by atoms with Crippen LogP contribution in [0, 0.1) is 5.92 Å². The third-order valence-electron chi connectivity index (χ3n) is 3.04. The van der Waals surface area contributed by atoms with Crippen LogP contribution in [-0.4, -0.2) is 41.7 Å². The third-order valence-corrected chi connectivity index (χ3v) is 4.15. The molecule has 0 radical (unpaired) electrons. The van der Waals surface area contributed by atoms with Gasteiger partial charge in [-0.1, -0.05) is 18.2 Å². The van der Waals surface area contributed by atoms with E-state index < -0.39 is 5.60 Å². The molecule has 0 bridgehead atoms. The Morgan fingerprint density at radius 1 is 1.43 bits per heavy atom. The largest absolute Gasteiger partial charge is 0.444 e. The summed E-state index contributed by atoms with van der Waals surface area (Å²) in [4.78, 5) is 26.4. The van der Waals surface area contributed by atoms with Crippen molar-refractivity contribution in [3.63, 3.8) is 0 Å². The molecule has 1 rings (SSSR count). The number of nitrogens with zero attached hydrogens (tertiary/aromatic N) is 1. The maximum Gasteiger partial charge on any atom is 0.410 e. The van der Waals surface area contributed by atoms with Crippen LogP contribution in [0.4, 0.5) is 4.79 Å². The first-order valence-electron chi connectivity index (χ1n) is 7.15. The van der Waals surface area contributed by atoms with Gasteiger partial charge in [0.25, 0.3) is 0 Å². The zero-order chi connectivity index (χ0) is 16.0. The van der Waals surface area contributed by atoms with Gasteiger partial charge in [0.1, 0.15) is 11.4 Å². The highest BCUT2D eigenvalue weighted by molar-refractivity contribution is 8.03. The Morgan fingerprint density at radius 3 is 2.57 bits per heavy atom. The molecule has 0 spiro atoms. The van der Waals surface area contributed by atoms with Crippen molar-refractivity contribution in [3.05, 3.63) is 23.1 Å². The molecule has 118 valence electrons. The molecule has 0 fully saturated rings. The van der Waals surface area contributed by atoms with E-state index in [2.05, 4.69) is 6.08 Å². The molecule has 0 N–H and O–H groups in total. The van der Waals surface area contributed by atoms with E-state index in [1.54, 1.807) is 25.7 Å². The second-order valence-corrected chi connectivity index (χ2v) is 7.26. The molecule has 0 aliphatic carbocycles. The van der Waals surface area contributed by atoms with Crippen molar-refractivity contribution in [1.82, 2.24) is 4.90 Å². The van der Waals surface area contributed by atoms with E-state index in [1.807, 2.05) is 32.9 Å². The summed E-state index contributed by atoms with van der Waals surface area (Å²) in [7, 11) is 1.70. The second-order valence-electron chi connectivity index (χ2n) is 6.16. The number of Topliss-reactive ketones (excluding diaryl/α,β-unsaturated/α-hetero) is 1. The maximum atomic E-state index is 11.9. The van der Waals surface area contributed by atoms with Gasteiger partial charge >= 0.3 is 6.09 Å². The van der Waals surface area contributed by atoms with Crippen LogP contribution in [0.1, 0.15) is 34.1 Å². The Balaban J connectivity index is 2.57. The van der Waals surface area contributed by atoms with Crippen molar-refractivity contribution in [2.45, 2.75) is 39.7 Å². The Bertz CT molecular complexity index is 449. The van der Waals surface area contributed by atoms with Gasteiger partial charge in [0.15, 0.2) is 0 Å². The van der Waals surface area contributed by atoms with Crippen LogP contribution in [-0.2, 0) is 9.53 Å². The molecule has 1 heterocycles. The molecule has 0 aromatic rings. The van der Waals surface area contributed by atoms with Crippen molar-refractivity contribution in [2.24, 2.45) is 5.92 Å². The number of ether oxygens (including phenoxy) is 1. The number of ketones is 1. The zero-order valence-corrected chi connectivity index (χ0v) is 14.3. The van der Waals surface area contributed by atoms with Crippen molar-refractivity contribution < 1.29 is 14.3 Å². The first kappa shape index (κ1) is 17.8. The SMILES string of the molecule is CC(=O)C(CCN(C)C(=O)OC(C)(C)C)C1=CC=CCS1. The summed E-state index contributed by atoms with van der Waals surface area (Å²) in [6.07, 6.45) is 6.32. The van der Waals surface area contributed by atoms with E-state index >= 15 is 0 Å². The van der Waals surface area contributed by atoms with Crippen LogP contribution in [0.3, 0.4) is 0 Å². The minimum atomic E-state index is -0.502. The number of hydrogen-bond donors (Lipinski definition) is 0. The predicted molar refractivity (Wildman–Crippen MR) is 87.3 cm³/mol. The minimum Gasteiger partial charge on any atom is -0.444 e. The Labute approximate surface area is 131 Å². The summed E-state index contributed by atoms with van der Waals surface area (Å²) in [5.41, 5.74) is -0.502. The van der Waals surface area contributed by atoms with Gasteiger partial charge in [-0.05, 0) is 39.0 Å². The molecule has 0 saturated carbocycles. The highest BCUT2D eigenvalue weighted by Gasteiger charge is 2.24. The lowest BCUT2D eigenvalue weighted by molar-refractivity contribution is -0.119. The van der Waals surface area contributed by atoms with Gasteiger partial charge in [-0.3, -0.25) is 4.79 Å². The summed E-state index contributed by atoms with van der Waals surface area (Å²) in [6, 6.07) is 0. The number of carbonyl (C=O) groups excluding carboxylic acids is 2. The van der Waals surface area contributed by atoms with Crippen LogP contribution in [0.15, 0.2) is 23.1 Å². The molecule has 0 aromatic carbocycles. The second kappa shape index (κ2) is 7.69. The van der Waals surface area contributed by atoms with Crippen molar-refractivity contribution in [1.29, 1.82) is 0 Å². The van der Waals surface area contributed by atoms with Gasteiger partial charge in [0.05, 0.1) is 5.92 Å². The number of rotatable bonds is 5. The summed E-state index contributed by atoms with van der Waals surface area (Å²) in [5, 5.41) is 0. The smallest absolute Gasteiger partial charge is 0.410 e. The molecule has 5 heteroatoms. The molecule has 0 aromatic heterocycles. The fraction of sp³-hybridized carbons (Fsp3) is 0.625. The lowest BCUT2D eigenvalue weighted by Gasteiger charge is -2.26. The molecule has 1 amide bonds. The molecule has 1 aliphatic heterocycles. The van der Waals surface area contributed by atoms with E-state index in [-0.39, 0.29) is 17.8 Å². The van der Waals surface area contributed by atoms with Crippen LogP contribution < -0.4 is 0 Å². The normalized spacial score (nSPS) is 16.1. The Hall–Kier alpha value is -1.23. The number of thioether (sulfide) groups is 1. The van der Waals surface area contributed by atoms with Crippen LogP contribution in [0.2, 0.25) is 0 Å². The topological polar surface area (TPSA) is 46.6 Å². The quantitative estimate of drug-likeness (QED) is 0.778. The fourth-order valence-corrected chi connectivity index (χ4v) is 2.99. The molecule has 1 aliphatic rings. The summed E-state index contributed by atoms with van der Waals surface area (Å²) < 4.78 is 5.31. The van der Waals surface area contributed by atoms with Gasteiger partial charge in [0.2, 0.25) is 0 Å². The van der Waals surface area contributed by atoms with E-state index in [9.17, 15) is 9.59 Å². The average molecular weight is 311 g/mol. The molecular weight excluding hydrogens is 286 g/mol. The maximum absolute atomic E-state index is 11.9. The van der Waals surface area contributed by atoms with E-state index in [0.717, 1.165) is 10.7 Å². The molecular formula is C16H25NO3S. The van der Waals surface area contributed by atoms with Crippen LogP contribution in [0.5, 0.6) is 0 Å². The molecule has 4 nitrogen and oxygen atoms in total. The van der Waals surface area contributed by atoms with Gasteiger partial charge in [0, 0.05) is 19.3 Å². The monoisotopic (exact) mass is 311 g/mol. The van der Waals surface area contributed by atoms with E-state index in [1.165, 1.54) is 4.90 Å². The predicted octanol–water partition coefficient (Wildman–Crippen LogP) is 3.64. The van der Waals surface area contributed by atoms with Crippen molar-refractivity contribution in [2.75, 3.05) is 19.3 Å². The van der Waals surface area contributed by atoms with E-state index in [0.29, 0.717) is 13.0 Å². The fourth-order valence-electron chi connectivity index (χ4n) is 1.93. The number of carbonyl (C=O) groups is 2. The minimum absolute atomic E-state index is 0.134. The third kappa shape index (κ3) is 6.38. The molecule has 1 atom stereocenters. The summed E-state index contributed by atoms with van der Waals surface area (Å²) in [5.74, 6) is 0.906. The van der Waals surface area contributed by atoms with Gasteiger partial charge in [-0.2, -0.15) is 0 Å². The number of allylic oxidation sites excluding steroid dienone is 3. The van der Waals surface area contributed by atoms with Crippen LogP contribution >= 0.6 is 11.8 Å². The van der Waals surface area contributed by atoms with E-state index in [4.69, 9.17) is 4.74 Å². The highest BCUT2D eigenvalue weighted by Crippen LogP contribution is 2.30. The Kier molecular flexibility index (Phi) is 6.52. The van der Waals surface area contributed by atoms with Gasteiger partial charge < -0.3 is 9.64 Å². The molecule has 1 unspecified atom stereocenters. The number of amides is 1.